The molecule has 0 fully saturated rings. The molecule has 4 nitrogen and oxygen atoms in total. The maximum absolute atomic E-state index is 13.0. The third-order valence-corrected chi connectivity index (χ3v) is 5.26. The zero-order valence-corrected chi connectivity index (χ0v) is 15.9. The third-order valence-electron chi connectivity index (χ3n) is 5.26. The molecule has 0 aromatic heterocycles. The number of fused-ring (bicyclic) bond motifs is 1. The molecule has 0 N–H and O–H groups in total. The maximum atomic E-state index is 13.0. The number of rotatable bonds is 6. The Morgan fingerprint density at radius 2 is 1.52 bits per heavy atom. The van der Waals surface area contributed by atoms with E-state index in [1.54, 1.807) is 55.6 Å². The van der Waals surface area contributed by atoms with Crippen LogP contribution in [-0.4, -0.2) is 18.7 Å². The Morgan fingerprint density at radius 1 is 0.897 bits per heavy atom. The lowest BCUT2D eigenvalue weighted by Gasteiger charge is -2.22. The quantitative estimate of drug-likeness (QED) is 0.603. The molecule has 29 heavy (non-hydrogen) atoms. The largest absolute Gasteiger partial charge is 0.872 e. The molecule has 0 bridgehead atoms. The van der Waals surface area contributed by atoms with E-state index in [0.29, 0.717) is 22.4 Å². The number of carbonyl (C=O) groups excluding carboxylic acids is 2. The highest BCUT2D eigenvalue weighted by Gasteiger charge is 2.32. The van der Waals surface area contributed by atoms with Gasteiger partial charge in [-0.25, -0.2) is 0 Å². The predicted molar refractivity (Wildman–Crippen MR) is 109 cm³/mol. The molecule has 0 saturated heterocycles. The van der Waals surface area contributed by atoms with Crippen LogP contribution in [0.25, 0.3) is 5.76 Å². The molecule has 0 amide bonds. The van der Waals surface area contributed by atoms with E-state index in [-0.39, 0.29) is 29.3 Å². The van der Waals surface area contributed by atoms with Gasteiger partial charge in [0.2, 0.25) is 0 Å². The first-order valence-electron chi connectivity index (χ1n) is 9.37. The van der Waals surface area contributed by atoms with Gasteiger partial charge in [-0.15, -0.1) is 0 Å². The fourth-order valence-corrected chi connectivity index (χ4v) is 3.74. The van der Waals surface area contributed by atoms with E-state index in [9.17, 15) is 14.7 Å². The Kier molecular flexibility index (Phi) is 5.00. The lowest BCUT2D eigenvalue weighted by atomic mass is 9.84. The molecule has 0 spiro atoms. The highest BCUT2D eigenvalue weighted by Crippen LogP contribution is 2.40. The van der Waals surface area contributed by atoms with Crippen molar-refractivity contribution in [3.8, 4) is 5.75 Å². The van der Waals surface area contributed by atoms with Crippen LogP contribution in [0.1, 0.15) is 44.2 Å². The van der Waals surface area contributed by atoms with Crippen molar-refractivity contribution in [3.05, 3.63) is 107 Å². The van der Waals surface area contributed by atoms with E-state index in [4.69, 9.17) is 4.74 Å². The van der Waals surface area contributed by atoms with E-state index in [1.165, 1.54) is 0 Å². The number of carbonyl (C=O) groups is 2. The molecular formula is C25H19O4-. The summed E-state index contributed by atoms with van der Waals surface area (Å²) in [5.41, 5.74) is 2.27. The third kappa shape index (κ3) is 3.45. The number of Topliss-reactive ketones (excluding diaryl/α,β-unsaturated/α-hetero) is 2. The highest BCUT2D eigenvalue weighted by molar-refractivity contribution is 6.20. The molecule has 0 heterocycles. The van der Waals surface area contributed by atoms with Gasteiger partial charge >= 0.3 is 0 Å². The van der Waals surface area contributed by atoms with Gasteiger partial charge in [-0.3, -0.25) is 9.59 Å². The molecule has 1 unspecified atom stereocenters. The molecule has 3 aromatic rings. The molecule has 1 aliphatic carbocycles. The van der Waals surface area contributed by atoms with Crippen LogP contribution in [0.2, 0.25) is 0 Å². The van der Waals surface area contributed by atoms with Crippen molar-refractivity contribution in [1.82, 2.24) is 0 Å². The summed E-state index contributed by atoms with van der Waals surface area (Å²) in [5, 5.41) is 13.0. The first-order valence-corrected chi connectivity index (χ1v) is 9.37. The lowest BCUT2D eigenvalue weighted by molar-refractivity contribution is -0.244. The summed E-state index contributed by atoms with van der Waals surface area (Å²) in [4.78, 5) is 26.0. The molecule has 4 rings (SSSR count). The van der Waals surface area contributed by atoms with Gasteiger partial charge in [0.1, 0.15) is 5.75 Å². The van der Waals surface area contributed by atoms with Crippen LogP contribution in [0.3, 0.4) is 0 Å². The summed E-state index contributed by atoms with van der Waals surface area (Å²) in [6.07, 6.45) is 0.0388. The van der Waals surface area contributed by atoms with Crippen LogP contribution in [0.15, 0.2) is 84.4 Å². The summed E-state index contributed by atoms with van der Waals surface area (Å²) >= 11 is 0. The van der Waals surface area contributed by atoms with Crippen molar-refractivity contribution in [2.24, 2.45) is 0 Å². The van der Waals surface area contributed by atoms with Gasteiger partial charge < -0.3 is 9.84 Å². The molecule has 4 heteroatoms. The summed E-state index contributed by atoms with van der Waals surface area (Å²) in [6.45, 7) is 0. The smallest absolute Gasteiger partial charge is 0.189 e. The van der Waals surface area contributed by atoms with Crippen LogP contribution in [0, 0.1) is 0 Å². The number of hydrogen-bond donors (Lipinski definition) is 0. The second kappa shape index (κ2) is 7.76. The van der Waals surface area contributed by atoms with Crippen molar-refractivity contribution in [3.63, 3.8) is 0 Å². The zero-order valence-electron chi connectivity index (χ0n) is 15.9. The van der Waals surface area contributed by atoms with Crippen molar-refractivity contribution < 1.29 is 19.4 Å². The van der Waals surface area contributed by atoms with Gasteiger partial charge in [0.05, 0.1) is 7.11 Å². The van der Waals surface area contributed by atoms with Crippen molar-refractivity contribution in [2.45, 2.75) is 12.3 Å². The molecule has 0 saturated carbocycles. The number of benzene rings is 3. The molecule has 3 aromatic carbocycles. The highest BCUT2D eigenvalue weighted by atomic mass is 16.5. The van der Waals surface area contributed by atoms with E-state index >= 15 is 0 Å². The van der Waals surface area contributed by atoms with Crippen molar-refractivity contribution in [1.29, 1.82) is 0 Å². The van der Waals surface area contributed by atoms with Gasteiger partial charge in [0, 0.05) is 29.0 Å². The van der Waals surface area contributed by atoms with Crippen molar-refractivity contribution in [2.75, 3.05) is 7.11 Å². The van der Waals surface area contributed by atoms with E-state index in [1.807, 2.05) is 30.3 Å². The minimum absolute atomic E-state index is 0.0388. The number of ketones is 2. The number of ether oxygens (including phenoxy) is 1. The Bertz CT molecular complexity index is 1100. The number of allylic oxidation sites excluding steroid dienone is 1. The summed E-state index contributed by atoms with van der Waals surface area (Å²) in [7, 11) is 1.56. The monoisotopic (exact) mass is 383 g/mol. The number of hydrogen-bond acceptors (Lipinski definition) is 4. The number of methoxy groups -OCH3 is 1. The van der Waals surface area contributed by atoms with Gasteiger partial charge in [0.15, 0.2) is 11.6 Å². The first-order chi connectivity index (χ1) is 14.1. The van der Waals surface area contributed by atoms with E-state index in [2.05, 4.69) is 0 Å². The Morgan fingerprint density at radius 3 is 2.14 bits per heavy atom. The topological polar surface area (TPSA) is 66.4 Å². The summed E-state index contributed by atoms with van der Waals surface area (Å²) in [6, 6.07) is 22.9. The van der Waals surface area contributed by atoms with Gasteiger partial charge in [-0.05, 0) is 35.4 Å². The van der Waals surface area contributed by atoms with Crippen molar-refractivity contribution >= 4 is 17.3 Å². The predicted octanol–water partition coefficient (Wildman–Crippen LogP) is 4.02. The van der Waals surface area contributed by atoms with Crippen LogP contribution in [0.5, 0.6) is 5.75 Å². The van der Waals surface area contributed by atoms with Crippen LogP contribution in [0.4, 0.5) is 0 Å². The molecule has 0 aliphatic heterocycles. The van der Waals surface area contributed by atoms with E-state index < -0.39 is 5.92 Å². The van der Waals surface area contributed by atoms with Crippen LogP contribution >= 0.6 is 0 Å². The molecule has 0 radical (unpaired) electrons. The minimum atomic E-state index is -0.599. The first kappa shape index (κ1) is 18.7. The minimum Gasteiger partial charge on any atom is -0.872 e. The fourth-order valence-electron chi connectivity index (χ4n) is 3.74. The standard InChI is InChI=1S/C25H20O4/c1-29-18-13-11-17(12-14-18)22(26)15-21(16-7-3-2-4-8-16)23-24(27)19-9-5-6-10-20(19)25(23)28/h2-14,21,27H,15H2,1H3/p-1. The average Bonchev–Trinajstić information content (AvgIpc) is 3.03. The van der Waals surface area contributed by atoms with Gasteiger partial charge in [0.25, 0.3) is 0 Å². The lowest BCUT2D eigenvalue weighted by Crippen LogP contribution is -2.16. The van der Waals surface area contributed by atoms with E-state index in [0.717, 1.165) is 5.56 Å². The second-order valence-corrected chi connectivity index (χ2v) is 6.94. The summed E-state index contributed by atoms with van der Waals surface area (Å²) in [5.74, 6) is -0.653. The fraction of sp³-hybridized carbons (Fsp3) is 0.120. The van der Waals surface area contributed by atoms with Crippen LogP contribution < -0.4 is 9.84 Å². The Labute approximate surface area is 169 Å². The average molecular weight is 383 g/mol. The Hall–Kier alpha value is -3.66. The second-order valence-electron chi connectivity index (χ2n) is 6.94. The van der Waals surface area contributed by atoms with Gasteiger partial charge in [-0.1, -0.05) is 60.4 Å². The normalized spacial score (nSPS) is 13.9. The van der Waals surface area contributed by atoms with Gasteiger partial charge in [-0.2, -0.15) is 0 Å². The molecule has 1 aliphatic rings. The summed E-state index contributed by atoms with van der Waals surface area (Å²) < 4.78 is 5.14. The SMILES string of the molecule is COc1ccc(C(=O)CC(C2=C([O-])c3ccccc3C2=O)c2ccccc2)cc1. The zero-order chi connectivity index (χ0) is 20.4. The maximum Gasteiger partial charge on any atom is 0.189 e. The Balaban J connectivity index is 1.73. The molecule has 144 valence electrons. The van der Waals surface area contributed by atoms with Crippen LogP contribution in [-0.2, 0) is 0 Å². The molecular weight excluding hydrogens is 364 g/mol. The molecule has 1 atom stereocenters.